The van der Waals surface area contributed by atoms with Crippen LogP contribution in [0.15, 0.2) is 26.5 Å². The molecular formula is C8H3Br2IS. The lowest BCUT2D eigenvalue weighted by Crippen LogP contribution is -1.73. The molecule has 62 valence electrons. The van der Waals surface area contributed by atoms with Crippen LogP contribution in [0.3, 0.4) is 0 Å². The van der Waals surface area contributed by atoms with Gasteiger partial charge in [-0.1, -0.05) is 0 Å². The van der Waals surface area contributed by atoms with E-state index in [-0.39, 0.29) is 0 Å². The zero-order chi connectivity index (χ0) is 8.72. The van der Waals surface area contributed by atoms with E-state index in [1.807, 2.05) is 0 Å². The van der Waals surface area contributed by atoms with E-state index < -0.39 is 0 Å². The SMILES string of the molecule is Brc1cc2scc(Br)c2cc1I. The summed E-state index contributed by atoms with van der Waals surface area (Å²) in [6, 6.07) is 4.34. The second kappa shape index (κ2) is 3.55. The third-order valence-corrected chi connectivity index (χ3v) is 5.76. The first-order chi connectivity index (χ1) is 5.68. The van der Waals surface area contributed by atoms with Gasteiger partial charge in [0.25, 0.3) is 0 Å². The summed E-state index contributed by atoms with van der Waals surface area (Å²) in [5, 5.41) is 3.42. The van der Waals surface area contributed by atoms with Crippen molar-refractivity contribution in [1.29, 1.82) is 0 Å². The first-order valence-electron chi connectivity index (χ1n) is 3.20. The van der Waals surface area contributed by atoms with E-state index in [4.69, 9.17) is 0 Å². The van der Waals surface area contributed by atoms with E-state index >= 15 is 0 Å². The summed E-state index contributed by atoms with van der Waals surface area (Å²) < 4.78 is 4.92. The Morgan fingerprint density at radius 1 is 1.17 bits per heavy atom. The van der Waals surface area contributed by atoms with Crippen LogP contribution in [0.25, 0.3) is 10.1 Å². The van der Waals surface area contributed by atoms with E-state index in [9.17, 15) is 0 Å². The standard InChI is InChI=1S/C8H3Br2IS/c9-5-2-8-4(1-7(5)11)6(10)3-12-8/h1-3H. The highest BCUT2D eigenvalue weighted by atomic mass is 127. The van der Waals surface area contributed by atoms with Crippen molar-refractivity contribution in [2.45, 2.75) is 0 Å². The zero-order valence-corrected chi connectivity index (χ0v) is 11.9. The summed E-state index contributed by atoms with van der Waals surface area (Å²) in [5.74, 6) is 0. The molecule has 0 aliphatic rings. The van der Waals surface area contributed by atoms with Gasteiger partial charge in [0.15, 0.2) is 0 Å². The van der Waals surface area contributed by atoms with Gasteiger partial charge in [0.05, 0.1) is 0 Å². The van der Waals surface area contributed by atoms with Crippen molar-refractivity contribution in [1.82, 2.24) is 0 Å². The molecule has 0 bridgehead atoms. The molecule has 0 nitrogen and oxygen atoms in total. The van der Waals surface area contributed by atoms with Gasteiger partial charge in [-0.05, 0) is 66.6 Å². The maximum absolute atomic E-state index is 3.52. The minimum atomic E-state index is 1.17. The number of hydrogen-bond acceptors (Lipinski definition) is 1. The largest absolute Gasteiger partial charge is 0.143 e. The number of rotatable bonds is 0. The highest BCUT2D eigenvalue weighted by Crippen LogP contribution is 2.34. The number of benzene rings is 1. The molecule has 0 fully saturated rings. The minimum Gasteiger partial charge on any atom is -0.143 e. The fourth-order valence-electron chi connectivity index (χ4n) is 0.991. The smallest absolute Gasteiger partial charge is 0.0366 e. The average molecular weight is 418 g/mol. The Morgan fingerprint density at radius 2 is 1.92 bits per heavy atom. The average Bonchev–Trinajstić information content (AvgIpc) is 2.35. The number of thiophene rings is 1. The normalized spacial score (nSPS) is 10.9. The molecule has 0 N–H and O–H groups in total. The van der Waals surface area contributed by atoms with Crippen molar-refractivity contribution in [3.8, 4) is 0 Å². The van der Waals surface area contributed by atoms with E-state index in [2.05, 4.69) is 72.0 Å². The van der Waals surface area contributed by atoms with Crippen LogP contribution < -0.4 is 0 Å². The number of hydrogen-bond donors (Lipinski definition) is 0. The molecule has 1 aromatic heterocycles. The van der Waals surface area contributed by atoms with Crippen LogP contribution in [0.2, 0.25) is 0 Å². The molecule has 0 saturated heterocycles. The van der Waals surface area contributed by atoms with E-state index in [0.717, 1.165) is 0 Å². The second-order valence-corrected chi connectivity index (χ2v) is 6.13. The number of fused-ring (bicyclic) bond motifs is 1. The molecule has 0 unspecified atom stereocenters. The third kappa shape index (κ3) is 1.58. The Kier molecular flexibility index (Phi) is 2.79. The highest BCUT2D eigenvalue weighted by molar-refractivity contribution is 14.1. The molecule has 0 amide bonds. The molecule has 2 aromatic rings. The maximum Gasteiger partial charge on any atom is 0.0366 e. The molecule has 2 rings (SSSR count). The number of halogens is 3. The molecule has 0 atom stereocenters. The van der Waals surface area contributed by atoms with Crippen LogP contribution in [0.5, 0.6) is 0 Å². The van der Waals surface area contributed by atoms with Gasteiger partial charge in [0.2, 0.25) is 0 Å². The van der Waals surface area contributed by atoms with Crippen LogP contribution in [-0.2, 0) is 0 Å². The summed E-state index contributed by atoms with van der Waals surface area (Å²) >= 11 is 11.1. The molecular weight excluding hydrogens is 415 g/mol. The van der Waals surface area contributed by atoms with Gasteiger partial charge in [-0.3, -0.25) is 0 Å². The lowest BCUT2D eigenvalue weighted by Gasteiger charge is -1.96. The van der Waals surface area contributed by atoms with Crippen molar-refractivity contribution in [2.75, 3.05) is 0 Å². The molecule has 1 aromatic carbocycles. The predicted molar refractivity (Wildman–Crippen MR) is 69.9 cm³/mol. The summed E-state index contributed by atoms with van der Waals surface area (Å²) in [5.41, 5.74) is 0. The van der Waals surface area contributed by atoms with Crippen molar-refractivity contribution >= 4 is 75.9 Å². The molecule has 0 spiro atoms. The Labute approximate surface area is 105 Å². The van der Waals surface area contributed by atoms with Gasteiger partial charge in [-0.2, -0.15) is 0 Å². The Balaban J connectivity index is 2.87. The summed E-state index contributed by atoms with van der Waals surface area (Å²) in [6.45, 7) is 0. The molecule has 4 heteroatoms. The Hall–Kier alpha value is 0.870. The van der Waals surface area contributed by atoms with Gasteiger partial charge in [0, 0.05) is 28.0 Å². The van der Waals surface area contributed by atoms with Crippen LogP contribution >= 0.6 is 65.8 Å². The monoisotopic (exact) mass is 416 g/mol. The van der Waals surface area contributed by atoms with Crippen LogP contribution in [0.1, 0.15) is 0 Å². The first-order valence-corrected chi connectivity index (χ1v) is 6.74. The molecule has 0 aliphatic heterocycles. The van der Waals surface area contributed by atoms with Gasteiger partial charge >= 0.3 is 0 Å². The van der Waals surface area contributed by atoms with Crippen molar-refractivity contribution < 1.29 is 0 Å². The van der Waals surface area contributed by atoms with Crippen molar-refractivity contribution in [3.63, 3.8) is 0 Å². The summed E-state index contributed by atoms with van der Waals surface area (Å²) in [7, 11) is 0. The fourth-order valence-corrected chi connectivity index (χ4v) is 3.53. The third-order valence-electron chi connectivity index (χ3n) is 1.57. The molecule has 1 heterocycles. The summed E-state index contributed by atoms with van der Waals surface area (Å²) in [4.78, 5) is 0. The van der Waals surface area contributed by atoms with E-state index in [0.29, 0.717) is 0 Å². The topological polar surface area (TPSA) is 0 Å². The van der Waals surface area contributed by atoms with E-state index in [1.165, 1.54) is 22.6 Å². The second-order valence-electron chi connectivity index (χ2n) is 2.35. The molecule has 0 radical (unpaired) electrons. The van der Waals surface area contributed by atoms with Gasteiger partial charge in [-0.25, -0.2) is 0 Å². The van der Waals surface area contributed by atoms with Crippen LogP contribution in [-0.4, -0.2) is 0 Å². The van der Waals surface area contributed by atoms with Gasteiger partial charge < -0.3 is 0 Å². The summed E-state index contributed by atoms with van der Waals surface area (Å²) in [6.07, 6.45) is 0. The highest BCUT2D eigenvalue weighted by Gasteiger charge is 2.04. The molecule has 12 heavy (non-hydrogen) atoms. The predicted octanol–water partition coefficient (Wildman–Crippen LogP) is 5.03. The quantitative estimate of drug-likeness (QED) is 0.527. The Bertz CT molecular complexity index is 436. The Morgan fingerprint density at radius 3 is 2.67 bits per heavy atom. The maximum atomic E-state index is 3.52. The van der Waals surface area contributed by atoms with Crippen LogP contribution in [0.4, 0.5) is 0 Å². The fraction of sp³-hybridized carbons (Fsp3) is 0. The van der Waals surface area contributed by atoms with E-state index in [1.54, 1.807) is 11.3 Å². The first kappa shape index (κ1) is 9.43. The lowest BCUT2D eigenvalue weighted by molar-refractivity contribution is 1.67. The zero-order valence-electron chi connectivity index (χ0n) is 5.77. The lowest BCUT2D eigenvalue weighted by atomic mass is 10.3. The van der Waals surface area contributed by atoms with Gasteiger partial charge in [-0.15, -0.1) is 11.3 Å². The van der Waals surface area contributed by atoms with Crippen molar-refractivity contribution in [2.24, 2.45) is 0 Å². The molecule has 0 saturated carbocycles. The van der Waals surface area contributed by atoms with Crippen molar-refractivity contribution in [3.05, 3.63) is 30.0 Å². The minimum absolute atomic E-state index is 1.17. The van der Waals surface area contributed by atoms with Gasteiger partial charge in [0.1, 0.15) is 0 Å². The molecule has 0 aliphatic carbocycles. The van der Waals surface area contributed by atoms with Crippen LogP contribution in [0, 0.1) is 3.57 Å².